The first-order valence-electron chi connectivity index (χ1n) is 7.43. The largest absolute Gasteiger partial charge is 0.365 e. The van der Waals surface area contributed by atoms with Gasteiger partial charge in [0.1, 0.15) is 0 Å². The highest BCUT2D eigenvalue weighted by Gasteiger charge is 2.23. The number of benzene rings is 1. The molecule has 1 fully saturated rings. The lowest BCUT2D eigenvalue weighted by Crippen LogP contribution is -2.22. The Balaban J connectivity index is 1.72. The molecule has 0 bridgehead atoms. The fourth-order valence-electron chi connectivity index (χ4n) is 2.03. The van der Waals surface area contributed by atoms with E-state index in [2.05, 4.69) is 20.6 Å². The van der Waals surface area contributed by atoms with Gasteiger partial charge in [-0.15, -0.1) is 0 Å². The van der Waals surface area contributed by atoms with Crippen LogP contribution < -0.4 is 15.5 Å². The third kappa shape index (κ3) is 3.74. The van der Waals surface area contributed by atoms with E-state index in [1.54, 1.807) is 11.9 Å². The molecule has 1 saturated carbocycles. The normalized spacial score (nSPS) is 13.5. The summed E-state index contributed by atoms with van der Waals surface area (Å²) in [7, 11) is 1.71. The molecule has 2 aromatic rings. The molecule has 3 rings (SSSR count). The smallest absolute Gasteiger partial charge is 0.229 e. The van der Waals surface area contributed by atoms with Gasteiger partial charge in [0.15, 0.2) is 11.6 Å². The second kappa shape index (κ2) is 6.20. The van der Waals surface area contributed by atoms with Gasteiger partial charge in [0.25, 0.3) is 0 Å². The molecule has 0 saturated heterocycles. The molecule has 6 nitrogen and oxygen atoms in total. The predicted molar refractivity (Wildman–Crippen MR) is 87.4 cm³/mol. The number of aromatic nitrogens is 2. The summed E-state index contributed by atoms with van der Waals surface area (Å²) in [6.45, 7) is 1.51. The molecule has 1 aliphatic carbocycles. The number of rotatable bonds is 5. The SMILES string of the molecule is CC(=O)N(C)c1ccc(Nc2ncc(F)c(NC3CC3)n2)cc1. The van der Waals surface area contributed by atoms with Gasteiger partial charge in [-0.1, -0.05) is 0 Å². The van der Waals surface area contributed by atoms with E-state index in [0.717, 1.165) is 30.4 Å². The van der Waals surface area contributed by atoms with Gasteiger partial charge in [0.05, 0.1) is 6.20 Å². The minimum Gasteiger partial charge on any atom is -0.365 e. The molecule has 0 unspecified atom stereocenters. The first-order chi connectivity index (χ1) is 11.0. The standard InChI is InChI=1S/C16H18FN5O/c1-10(23)22(2)13-7-5-12(6-8-13)20-16-18-9-14(17)15(21-16)19-11-3-4-11/h5-9,11H,3-4H2,1-2H3,(H2,18,19,20,21). The summed E-state index contributed by atoms with van der Waals surface area (Å²) < 4.78 is 13.7. The molecular formula is C16H18FN5O. The molecule has 0 atom stereocenters. The summed E-state index contributed by atoms with van der Waals surface area (Å²) in [6, 6.07) is 7.58. The average molecular weight is 315 g/mol. The fourth-order valence-corrected chi connectivity index (χ4v) is 2.03. The summed E-state index contributed by atoms with van der Waals surface area (Å²) in [5, 5.41) is 6.06. The molecule has 1 amide bonds. The van der Waals surface area contributed by atoms with Crippen LogP contribution in [0.2, 0.25) is 0 Å². The maximum atomic E-state index is 13.7. The van der Waals surface area contributed by atoms with E-state index < -0.39 is 5.82 Å². The Morgan fingerprint density at radius 1 is 1.30 bits per heavy atom. The summed E-state index contributed by atoms with van der Waals surface area (Å²) in [5.41, 5.74) is 1.55. The van der Waals surface area contributed by atoms with Crippen molar-refractivity contribution in [2.45, 2.75) is 25.8 Å². The third-order valence-electron chi connectivity index (χ3n) is 3.65. The Kier molecular flexibility index (Phi) is 4.10. The number of carbonyl (C=O) groups is 1. The van der Waals surface area contributed by atoms with E-state index in [9.17, 15) is 9.18 Å². The van der Waals surface area contributed by atoms with E-state index in [0.29, 0.717) is 12.0 Å². The van der Waals surface area contributed by atoms with Gasteiger partial charge < -0.3 is 15.5 Å². The van der Waals surface area contributed by atoms with Crippen molar-refractivity contribution in [1.29, 1.82) is 0 Å². The number of hydrogen-bond donors (Lipinski definition) is 2. The van der Waals surface area contributed by atoms with E-state index >= 15 is 0 Å². The zero-order valence-electron chi connectivity index (χ0n) is 13.0. The molecule has 120 valence electrons. The van der Waals surface area contributed by atoms with Gasteiger partial charge in [0.2, 0.25) is 11.9 Å². The van der Waals surface area contributed by atoms with Crippen molar-refractivity contribution in [3.05, 3.63) is 36.3 Å². The first kappa shape index (κ1) is 15.2. The van der Waals surface area contributed by atoms with Crippen molar-refractivity contribution in [2.75, 3.05) is 22.6 Å². The zero-order chi connectivity index (χ0) is 16.4. The minimum absolute atomic E-state index is 0.0385. The van der Waals surface area contributed by atoms with Crippen LogP contribution in [0.4, 0.5) is 27.5 Å². The molecule has 7 heteroatoms. The van der Waals surface area contributed by atoms with Gasteiger partial charge in [-0.3, -0.25) is 4.79 Å². The number of nitrogens with zero attached hydrogens (tertiary/aromatic N) is 3. The first-order valence-corrected chi connectivity index (χ1v) is 7.43. The van der Waals surface area contributed by atoms with Gasteiger partial charge >= 0.3 is 0 Å². The summed E-state index contributed by atoms with van der Waals surface area (Å²) in [6.07, 6.45) is 3.23. The molecule has 1 aliphatic rings. The monoisotopic (exact) mass is 315 g/mol. The topological polar surface area (TPSA) is 70.2 Å². The Labute approximate surface area is 133 Å². The molecule has 23 heavy (non-hydrogen) atoms. The maximum Gasteiger partial charge on any atom is 0.229 e. The second-order valence-electron chi connectivity index (χ2n) is 5.56. The molecule has 0 radical (unpaired) electrons. The second-order valence-corrected chi connectivity index (χ2v) is 5.56. The van der Waals surface area contributed by atoms with Crippen LogP contribution in [0.5, 0.6) is 0 Å². The van der Waals surface area contributed by atoms with Crippen molar-refractivity contribution in [3.63, 3.8) is 0 Å². The number of amides is 1. The highest BCUT2D eigenvalue weighted by Crippen LogP contribution is 2.26. The summed E-state index contributed by atoms with van der Waals surface area (Å²) in [5.74, 6) is 0.0457. The van der Waals surface area contributed by atoms with Crippen LogP contribution in [0.3, 0.4) is 0 Å². The quantitative estimate of drug-likeness (QED) is 0.888. The number of hydrogen-bond acceptors (Lipinski definition) is 5. The molecule has 1 heterocycles. The lowest BCUT2D eigenvalue weighted by atomic mass is 10.2. The number of carbonyl (C=O) groups excluding carboxylic acids is 1. The highest BCUT2D eigenvalue weighted by atomic mass is 19.1. The van der Waals surface area contributed by atoms with Crippen LogP contribution in [0.25, 0.3) is 0 Å². The highest BCUT2D eigenvalue weighted by molar-refractivity contribution is 5.91. The fraction of sp³-hybridized carbons (Fsp3) is 0.312. The lowest BCUT2D eigenvalue weighted by Gasteiger charge is -2.15. The van der Waals surface area contributed by atoms with E-state index in [1.165, 1.54) is 6.92 Å². The van der Waals surface area contributed by atoms with E-state index in [1.807, 2.05) is 24.3 Å². The minimum atomic E-state index is -0.458. The van der Waals surface area contributed by atoms with Crippen LogP contribution >= 0.6 is 0 Å². The molecule has 2 N–H and O–H groups in total. The summed E-state index contributed by atoms with van der Waals surface area (Å²) in [4.78, 5) is 21.0. The lowest BCUT2D eigenvalue weighted by molar-refractivity contribution is -0.116. The van der Waals surface area contributed by atoms with Crippen LogP contribution in [0.1, 0.15) is 19.8 Å². The van der Waals surface area contributed by atoms with Gasteiger partial charge in [0, 0.05) is 31.4 Å². The van der Waals surface area contributed by atoms with E-state index in [4.69, 9.17) is 0 Å². The van der Waals surface area contributed by atoms with Gasteiger partial charge in [-0.2, -0.15) is 4.98 Å². The maximum absolute atomic E-state index is 13.7. The van der Waals surface area contributed by atoms with E-state index in [-0.39, 0.29) is 11.7 Å². The zero-order valence-corrected chi connectivity index (χ0v) is 13.0. The van der Waals surface area contributed by atoms with Crippen LogP contribution in [0.15, 0.2) is 30.5 Å². The predicted octanol–water partition coefficient (Wildman–Crippen LogP) is 2.92. The molecule has 0 spiro atoms. The number of halogens is 1. The van der Waals surface area contributed by atoms with Gasteiger partial charge in [-0.25, -0.2) is 9.37 Å². The van der Waals surface area contributed by atoms with Crippen molar-refractivity contribution in [2.24, 2.45) is 0 Å². The Bertz CT molecular complexity index is 715. The van der Waals surface area contributed by atoms with Crippen LogP contribution in [-0.4, -0.2) is 29.0 Å². The van der Waals surface area contributed by atoms with Crippen molar-refractivity contribution in [3.8, 4) is 0 Å². The molecular weight excluding hydrogens is 297 g/mol. The van der Waals surface area contributed by atoms with Crippen molar-refractivity contribution in [1.82, 2.24) is 9.97 Å². The van der Waals surface area contributed by atoms with Crippen LogP contribution in [0, 0.1) is 5.82 Å². The van der Waals surface area contributed by atoms with Crippen molar-refractivity contribution < 1.29 is 9.18 Å². The van der Waals surface area contributed by atoms with Gasteiger partial charge in [-0.05, 0) is 37.1 Å². The summed E-state index contributed by atoms with van der Waals surface area (Å²) >= 11 is 0. The Morgan fingerprint density at radius 3 is 2.61 bits per heavy atom. The van der Waals surface area contributed by atoms with Crippen molar-refractivity contribution >= 4 is 29.0 Å². The Hall–Kier alpha value is -2.70. The average Bonchev–Trinajstić information content (AvgIpc) is 3.34. The number of anilines is 4. The molecule has 1 aromatic heterocycles. The molecule has 1 aromatic carbocycles. The van der Waals surface area contributed by atoms with Crippen LogP contribution in [-0.2, 0) is 4.79 Å². The Morgan fingerprint density at radius 2 is 2.00 bits per heavy atom. The number of nitrogens with one attached hydrogen (secondary N) is 2. The third-order valence-corrected chi connectivity index (χ3v) is 3.65. The molecule has 0 aliphatic heterocycles.